The largest absolute Gasteiger partial charge is 0.381 e. The topological polar surface area (TPSA) is 101 Å². The third-order valence-electron chi connectivity index (χ3n) is 2.91. The molecule has 1 fully saturated rings. The van der Waals surface area contributed by atoms with E-state index in [0.717, 1.165) is 28.5 Å². The number of amidine groups is 1. The quantitative estimate of drug-likeness (QED) is 0.371. The summed E-state index contributed by atoms with van der Waals surface area (Å²) >= 11 is 1.46. The van der Waals surface area contributed by atoms with E-state index in [2.05, 4.69) is 16.1 Å². The van der Waals surface area contributed by atoms with Gasteiger partial charge in [0.05, 0.1) is 23.7 Å². The standard InChI is InChI=1S/C11H15N5OS.C2H6/c1-7-8(6-12)11(16-2-4-17-5-3-16)18-9(7)10(13)15-14;1-2/h2-5,14H2,1H3,(H2,13,15);1-2H3. The van der Waals surface area contributed by atoms with Crippen molar-refractivity contribution in [3.63, 3.8) is 0 Å². The van der Waals surface area contributed by atoms with Crippen LogP contribution in [0.4, 0.5) is 5.00 Å². The van der Waals surface area contributed by atoms with Gasteiger partial charge in [-0.3, -0.25) is 0 Å². The van der Waals surface area contributed by atoms with Crippen LogP contribution in [0.2, 0.25) is 0 Å². The summed E-state index contributed by atoms with van der Waals surface area (Å²) in [5.41, 5.74) is 7.24. The fourth-order valence-corrected chi connectivity index (χ4v) is 3.14. The van der Waals surface area contributed by atoms with E-state index in [1.54, 1.807) is 0 Å². The average molecular weight is 295 g/mol. The molecule has 0 atom stereocenters. The molecule has 1 aromatic rings. The molecule has 1 aromatic heterocycles. The fourth-order valence-electron chi connectivity index (χ4n) is 1.92. The smallest absolute Gasteiger partial charge is 0.160 e. The van der Waals surface area contributed by atoms with Gasteiger partial charge in [0.2, 0.25) is 0 Å². The summed E-state index contributed by atoms with van der Waals surface area (Å²) in [5.74, 6) is 5.48. The van der Waals surface area contributed by atoms with Crippen molar-refractivity contribution < 1.29 is 4.74 Å². The highest BCUT2D eigenvalue weighted by atomic mass is 32.1. The molecule has 4 N–H and O–H groups in total. The number of thiophene rings is 1. The number of nitrogens with two attached hydrogens (primary N) is 2. The second-order valence-corrected chi connectivity index (χ2v) is 4.96. The Balaban J connectivity index is 0.000000956. The zero-order chi connectivity index (χ0) is 15.1. The first-order valence-electron chi connectivity index (χ1n) is 6.59. The van der Waals surface area contributed by atoms with Crippen molar-refractivity contribution in [3.8, 4) is 6.07 Å². The minimum Gasteiger partial charge on any atom is -0.381 e. The molecule has 0 bridgehead atoms. The normalized spacial score (nSPS) is 15.3. The minimum atomic E-state index is 0.272. The fraction of sp³-hybridized carbons (Fsp3) is 0.538. The maximum Gasteiger partial charge on any atom is 0.160 e. The number of ether oxygens (including phenoxy) is 1. The van der Waals surface area contributed by atoms with E-state index in [1.807, 2.05) is 20.8 Å². The van der Waals surface area contributed by atoms with Gasteiger partial charge in [0, 0.05) is 13.1 Å². The van der Waals surface area contributed by atoms with E-state index in [0.29, 0.717) is 18.8 Å². The lowest BCUT2D eigenvalue weighted by Gasteiger charge is -2.27. The van der Waals surface area contributed by atoms with Crippen LogP contribution in [0.3, 0.4) is 0 Å². The van der Waals surface area contributed by atoms with Gasteiger partial charge in [-0.15, -0.1) is 11.3 Å². The number of nitrogens with zero attached hydrogens (tertiary/aromatic N) is 3. The Morgan fingerprint density at radius 2 is 2.00 bits per heavy atom. The highest BCUT2D eigenvalue weighted by molar-refractivity contribution is 7.18. The van der Waals surface area contributed by atoms with E-state index < -0.39 is 0 Å². The van der Waals surface area contributed by atoms with E-state index >= 15 is 0 Å². The first kappa shape index (κ1) is 16.3. The van der Waals surface area contributed by atoms with Crippen LogP contribution >= 0.6 is 11.3 Å². The van der Waals surface area contributed by atoms with E-state index in [1.165, 1.54) is 11.3 Å². The Bertz CT molecular complexity index is 512. The molecule has 7 heteroatoms. The van der Waals surface area contributed by atoms with Gasteiger partial charge in [0.15, 0.2) is 5.84 Å². The maximum atomic E-state index is 9.28. The lowest BCUT2D eigenvalue weighted by Crippen LogP contribution is -2.36. The lowest BCUT2D eigenvalue weighted by atomic mass is 10.1. The molecule has 2 rings (SSSR count). The summed E-state index contributed by atoms with van der Waals surface area (Å²) in [6.07, 6.45) is 0. The van der Waals surface area contributed by atoms with Crippen molar-refractivity contribution in [1.82, 2.24) is 0 Å². The van der Waals surface area contributed by atoms with Gasteiger partial charge >= 0.3 is 0 Å². The van der Waals surface area contributed by atoms with Crippen LogP contribution in [0.15, 0.2) is 5.10 Å². The van der Waals surface area contributed by atoms with E-state index in [9.17, 15) is 5.26 Å². The first-order valence-corrected chi connectivity index (χ1v) is 7.40. The van der Waals surface area contributed by atoms with Crippen molar-refractivity contribution in [2.45, 2.75) is 20.8 Å². The second kappa shape index (κ2) is 7.72. The number of rotatable bonds is 2. The average Bonchev–Trinajstić information content (AvgIpc) is 2.86. The van der Waals surface area contributed by atoms with Crippen molar-refractivity contribution >= 4 is 22.2 Å². The number of hydrogen-bond acceptors (Lipinski definition) is 6. The molecule has 110 valence electrons. The number of hydrogen-bond donors (Lipinski definition) is 2. The Morgan fingerprint density at radius 3 is 2.50 bits per heavy atom. The molecule has 2 heterocycles. The van der Waals surface area contributed by atoms with Crippen LogP contribution in [0.5, 0.6) is 0 Å². The van der Waals surface area contributed by atoms with Crippen LogP contribution < -0.4 is 16.5 Å². The Labute approximate surface area is 123 Å². The number of hydrazone groups is 1. The Hall–Kier alpha value is -1.78. The van der Waals surface area contributed by atoms with E-state index in [-0.39, 0.29) is 5.84 Å². The van der Waals surface area contributed by atoms with Gasteiger partial charge in [-0.1, -0.05) is 13.8 Å². The second-order valence-electron chi connectivity index (χ2n) is 3.96. The summed E-state index contributed by atoms with van der Waals surface area (Å²) in [4.78, 5) is 2.92. The maximum absolute atomic E-state index is 9.28. The monoisotopic (exact) mass is 295 g/mol. The molecular formula is C13H21N5OS. The predicted molar refractivity (Wildman–Crippen MR) is 83.1 cm³/mol. The van der Waals surface area contributed by atoms with Crippen LogP contribution in [0.25, 0.3) is 0 Å². The summed E-state index contributed by atoms with van der Waals surface area (Å²) in [5, 5.41) is 13.7. The van der Waals surface area contributed by atoms with Crippen LogP contribution in [-0.4, -0.2) is 32.1 Å². The van der Waals surface area contributed by atoms with Crippen molar-refractivity contribution in [1.29, 1.82) is 5.26 Å². The highest BCUT2D eigenvalue weighted by Gasteiger charge is 2.22. The van der Waals surface area contributed by atoms with E-state index in [4.69, 9.17) is 16.3 Å². The van der Waals surface area contributed by atoms with Crippen molar-refractivity contribution in [3.05, 3.63) is 16.0 Å². The van der Waals surface area contributed by atoms with Gasteiger partial charge in [-0.25, -0.2) is 0 Å². The van der Waals surface area contributed by atoms with Crippen molar-refractivity contribution in [2.75, 3.05) is 31.2 Å². The number of nitriles is 1. The highest BCUT2D eigenvalue weighted by Crippen LogP contribution is 2.35. The third kappa shape index (κ3) is 3.21. The molecule has 0 unspecified atom stereocenters. The molecule has 0 aliphatic carbocycles. The molecule has 0 amide bonds. The van der Waals surface area contributed by atoms with Crippen molar-refractivity contribution in [2.24, 2.45) is 16.7 Å². The number of anilines is 1. The van der Waals surface area contributed by atoms with Gasteiger partial charge < -0.3 is 21.2 Å². The van der Waals surface area contributed by atoms with Crippen LogP contribution in [0.1, 0.15) is 29.9 Å². The SMILES string of the molecule is CC.Cc1c(/C(N)=N/N)sc(N2CCOCC2)c1C#N. The van der Waals surface area contributed by atoms with Gasteiger partial charge in [0.1, 0.15) is 11.1 Å². The van der Waals surface area contributed by atoms with Gasteiger partial charge in [-0.2, -0.15) is 10.4 Å². The summed E-state index contributed by atoms with van der Waals surface area (Å²) in [6.45, 7) is 8.79. The Morgan fingerprint density at radius 1 is 1.40 bits per heavy atom. The molecular weight excluding hydrogens is 274 g/mol. The molecule has 20 heavy (non-hydrogen) atoms. The molecule has 0 spiro atoms. The summed E-state index contributed by atoms with van der Waals surface area (Å²) < 4.78 is 5.31. The zero-order valence-corrected chi connectivity index (χ0v) is 13.0. The van der Waals surface area contributed by atoms with Gasteiger partial charge in [0.25, 0.3) is 0 Å². The zero-order valence-electron chi connectivity index (χ0n) is 12.1. The molecule has 1 aliphatic rings. The predicted octanol–water partition coefficient (Wildman–Crippen LogP) is 1.37. The van der Waals surface area contributed by atoms with Crippen LogP contribution in [-0.2, 0) is 4.74 Å². The summed E-state index contributed by atoms with van der Waals surface area (Å²) in [6, 6.07) is 2.24. The lowest BCUT2D eigenvalue weighted by molar-refractivity contribution is 0.123. The number of morpholine rings is 1. The molecule has 1 saturated heterocycles. The van der Waals surface area contributed by atoms with Gasteiger partial charge in [-0.05, 0) is 12.5 Å². The Kier molecular flexibility index (Phi) is 6.28. The minimum absolute atomic E-state index is 0.272. The molecule has 0 saturated carbocycles. The molecule has 6 nitrogen and oxygen atoms in total. The molecule has 0 aromatic carbocycles. The molecule has 1 aliphatic heterocycles. The van der Waals surface area contributed by atoms with Crippen LogP contribution in [0, 0.1) is 18.3 Å². The summed E-state index contributed by atoms with van der Waals surface area (Å²) in [7, 11) is 0. The molecule has 0 radical (unpaired) electrons. The third-order valence-corrected chi connectivity index (χ3v) is 4.29. The first-order chi connectivity index (χ1) is 9.69.